The molecule has 1 aromatic carbocycles. The van der Waals surface area contributed by atoms with Crippen molar-refractivity contribution in [1.29, 1.82) is 0 Å². The number of carbonyl (C=O) groups is 1. The molecule has 3 rings (SSSR count). The Morgan fingerprint density at radius 3 is 2.50 bits per heavy atom. The number of carbonyl (C=O) groups excluding carboxylic acids is 1. The van der Waals surface area contributed by atoms with Crippen LogP contribution in [-0.2, 0) is 7.05 Å². The summed E-state index contributed by atoms with van der Waals surface area (Å²) in [4.78, 5) is 13.6. The fourth-order valence-corrected chi connectivity index (χ4v) is 4.03. The molecule has 9 heteroatoms. The van der Waals surface area contributed by atoms with Crippen LogP contribution in [0.1, 0.15) is 21.5 Å². The summed E-state index contributed by atoms with van der Waals surface area (Å²) in [5.74, 6) is -2.46. The van der Waals surface area contributed by atoms with E-state index in [-0.39, 0.29) is 5.56 Å². The number of thiophene rings is 1. The zero-order valence-corrected chi connectivity index (χ0v) is 18.3. The Hall–Kier alpha value is -1.94. The largest absolute Gasteiger partial charge is 0.306 e. The first-order valence-corrected chi connectivity index (χ1v) is 10.6. The molecular formula is C19H18BrF2N3OS2. The lowest BCUT2D eigenvalue weighted by atomic mass is 10.0. The number of aromatic amines is 1. The molecule has 0 fully saturated rings. The highest BCUT2D eigenvalue weighted by Crippen LogP contribution is 2.19. The molecule has 148 valence electrons. The molecule has 0 bridgehead atoms. The van der Waals surface area contributed by atoms with E-state index in [1.165, 1.54) is 24.2 Å². The van der Waals surface area contributed by atoms with Crippen LogP contribution in [0, 0.1) is 18.6 Å². The number of nitrogens with zero attached hydrogens (tertiary/aromatic N) is 1. The van der Waals surface area contributed by atoms with Gasteiger partial charge in [-0.15, -0.1) is 0 Å². The Morgan fingerprint density at radius 1 is 1.29 bits per heavy atom. The van der Waals surface area contributed by atoms with E-state index in [2.05, 4.69) is 21.0 Å². The minimum atomic E-state index is -0.876. The van der Waals surface area contributed by atoms with Gasteiger partial charge in [0.15, 0.2) is 0 Å². The van der Waals surface area contributed by atoms with Gasteiger partial charge in [-0.2, -0.15) is 11.3 Å². The fourth-order valence-electron chi connectivity index (χ4n) is 2.24. The third-order valence-corrected chi connectivity index (χ3v) is 5.37. The smallest absolute Gasteiger partial charge is 0.200 e. The number of halogens is 3. The van der Waals surface area contributed by atoms with Crippen molar-refractivity contribution >= 4 is 45.0 Å². The van der Waals surface area contributed by atoms with Crippen molar-refractivity contribution in [1.82, 2.24) is 9.78 Å². The van der Waals surface area contributed by atoms with Gasteiger partial charge < -0.3 is 5.10 Å². The van der Waals surface area contributed by atoms with Crippen LogP contribution in [0.3, 0.4) is 0 Å². The van der Waals surface area contributed by atoms with Gasteiger partial charge in [0, 0.05) is 39.8 Å². The molecule has 3 N–H and O–H groups in total. The van der Waals surface area contributed by atoms with Gasteiger partial charge in [0.2, 0.25) is 5.78 Å². The average molecular weight is 486 g/mol. The van der Waals surface area contributed by atoms with Crippen LogP contribution in [0.5, 0.6) is 0 Å². The molecule has 4 nitrogen and oxygen atoms in total. The Morgan fingerprint density at radius 2 is 1.96 bits per heavy atom. The van der Waals surface area contributed by atoms with E-state index in [1.54, 1.807) is 42.3 Å². The first-order chi connectivity index (χ1) is 13.3. The quantitative estimate of drug-likeness (QED) is 0.365. The highest BCUT2D eigenvalue weighted by Gasteiger charge is 2.19. The molecule has 0 aliphatic rings. The van der Waals surface area contributed by atoms with Crippen molar-refractivity contribution in [2.45, 2.75) is 11.8 Å². The van der Waals surface area contributed by atoms with E-state index in [1.807, 2.05) is 16.8 Å². The van der Waals surface area contributed by atoms with Crippen molar-refractivity contribution in [2.24, 2.45) is 12.2 Å². The highest BCUT2D eigenvalue weighted by atomic mass is 79.9. The molecule has 0 aliphatic heterocycles. The second-order valence-corrected chi connectivity index (χ2v) is 8.04. The van der Waals surface area contributed by atoms with E-state index >= 15 is 0 Å². The summed E-state index contributed by atoms with van der Waals surface area (Å²) in [6.45, 7) is 1.70. The topological polar surface area (TPSA) is 63.8 Å². The first-order valence-electron chi connectivity index (χ1n) is 7.96. The summed E-state index contributed by atoms with van der Waals surface area (Å²) in [6.07, 6.45) is 3.18. The lowest BCUT2D eigenvalue weighted by molar-refractivity contribution is 0.103. The Bertz CT molecular complexity index is 979. The molecule has 0 aliphatic carbocycles. The lowest BCUT2D eigenvalue weighted by Gasteiger charge is -2.07. The minimum absolute atomic E-state index is 0.191. The van der Waals surface area contributed by atoms with Crippen LogP contribution in [0.15, 0.2) is 62.9 Å². The molecule has 0 unspecified atom stereocenters. The van der Waals surface area contributed by atoms with E-state index in [0.29, 0.717) is 5.56 Å². The Kier molecular flexibility index (Phi) is 8.43. The van der Waals surface area contributed by atoms with E-state index in [9.17, 15) is 13.6 Å². The molecular weight excluding hydrogens is 468 g/mol. The van der Waals surface area contributed by atoms with Crippen molar-refractivity contribution in [3.05, 3.63) is 86.3 Å². The second kappa shape index (κ2) is 10.6. The maximum absolute atomic E-state index is 13.8. The van der Waals surface area contributed by atoms with Crippen LogP contribution in [0.25, 0.3) is 0 Å². The van der Waals surface area contributed by atoms with Crippen molar-refractivity contribution in [3.8, 4) is 0 Å². The lowest BCUT2D eigenvalue weighted by Crippen LogP contribution is -2.09. The standard InChI is InChI=1S/C15H13BrF2N2O.C4H5NS2/c1-9-6-10(16)8-20(2)19-7-11(9)15(21)14-12(17)4-3-5-13(14)18;5-7-4-1-2-6-3-4/h3-8,19H,1-2H3;1-3H,5H2. The minimum Gasteiger partial charge on any atom is -0.306 e. The maximum atomic E-state index is 13.8. The summed E-state index contributed by atoms with van der Waals surface area (Å²) >= 11 is 6.28. The molecule has 3 aromatic rings. The summed E-state index contributed by atoms with van der Waals surface area (Å²) in [5.41, 5.74) is 0.226. The van der Waals surface area contributed by atoms with Crippen LogP contribution in [0.4, 0.5) is 8.78 Å². The molecule has 0 atom stereocenters. The second-order valence-electron chi connectivity index (χ2n) is 5.64. The third-order valence-electron chi connectivity index (χ3n) is 3.57. The normalized spacial score (nSPS) is 10.1. The summed E-state index contributed by atoms with van der Waals surface area (Å²) in [7, 11) is 1.73. The molecule has 2 heterocycles. The predicted octanol–water partition coefficient (Wildman–Crippen LogP) is 5.77. The number of aromatic nitrogens is 2. The zero-order valence-electron chi connectivity index (χ0n) is 15.1. The van der Waals surface area contributed by atoms with Gasteiger partial charge in [0.1, 0.15) is 11.6 Å². The van der Waals surface area contributed by atoms with Gasteiger partial charge >= 0.3 is 0 Å². The van der Waals surface area contributed by atoms with E-state index in [0.717, 1.165) is 21.5 Å². The summed E-state index contributed by atoms with van der Waals surface area (Å²) in [6, 6.07) is 7.06. The van der Waals surface area contributed by atoms with Crippen molar-refractivity contribution in [2.75, 3.05) is 0 Å². The van der Waals surface area contributed by atoms with Crippen LogP contribution in [-0.4, -0.2) is 15.6 Å². The van der Waals surface area contributed by atoms with E-state index in [4.69, 9.17) is 5.14 Å². The van der Waals surface area contributed by atoms with Crippen molar-refractivity contribution in [3.63, 3.8) is 0 Å². The number of hydrogen-bond donors (Lipinski definition) is 2. The number of rotatable bonds is 3. The highest BCUT2D eigenvalue weighted by molar-refractivity contribution is 9.10. The monoisotopic (exact) mass is 485 g/mol. The van der Waals surface area contributed by atoms with Gasteiger partial charge in [-0.3, -0.25) is 14.6 Å². The predicted molar refractivity (Wildman–Crippen MR) is 114 cm³/mol. The van der Waals surface area contributed by atoms with E-state index < -0.39 is 23.0 Å². The number of nitrogens with one attached hydrogen (secondary N) is 1. The molecule has 0 amide bonds. The molecule has 0 spiro atoms. The van der Waals surface area contributed by atoms with Crippen LogP contribution >= 0.6 is 39.2 Å². The first kappa shape index (κ1) is 22.4. The van der Waals surface area contributed by atoms with Gasteiger partial charge in [0.25, 0.3) is 0 Å². The average Bonchev–Trinajstić information content (AvgIpc) is 3.14. The van der Waals surface area contributed by atoms with Gasteiger partial charge in [-0.25, -0.2) is 8.78 Å². The van der Waals surface area contributed by atoms with Crippen molar-refractivity contribution < 1.29 is 13.6 Å². The number of nitrogens with two attached hydrogens (primary N) is 1. The molecule has 28 heavy (non-hydrogen) atoms. The molecule has 0 radical (unpaired) electrons. The number of H-pyrrole nitrogens is 1. The number of aryl methyl sites for hydroxylation is 2. The number of ketones is 1. The number of hydrogen-bond acceptors (Lipinski definition) is 4. The Balaban J connectivity index is 0.000000336. The van der Waals surface area contributed by atoms with Crippen LogP contribution < -0.4 is 5.14 Å². The SMILES string of the molecule is Cc1cc(Br)cn(C)[nH]cc1C(=O)c1c(F)cccc1F.NSc1ccsc1. The molecule has 2 aromatic heterocycles. The van der Waals surface area contributed by atoms with Gasteiger partial charge in [0.05, 0.1) is 5.56 Å². The molecule has 0 saturated carbocycles. The maximum Gasteiger partial charge on any atom is 0.200 e. The number of benzene rings is 1. The summed E-state index contributed by atoms with van der Waals surface area (Å²) in [5, 5.41) is 12.1. The Labute approximate surface area is 178 Å². The third kappa shape index (κ3) is 6.03. The summed E-state index contributed by atoms with van der Waals surface area (Å²) < 4.78 is 29.9. The van der Waals surface area contributed by atoms with Crippen LogP contribution in [0.2, 0.25) is 0 Å². The van der Waals surface area contributed by atoms with Gasteiger partial charge in [-0.1, -0.05) is 6.07 Å². The van der Waals surface area contributed by atoms with Gasteiger partial charge in [-0.05, 0) is 70.0 Å². The molecule has 0 saturated heterocycles. The zero-order chi connectivity index (χ0) is 20.7. The fraction of sp³-hybridized carbons (Fsp3) is 0.105.